The number of thiazole rings is 2. The highest BCUT2D eigenvalue weighted by Gasteiger charge is 2.13. The summed E-state index contributed by atoms with van der Waals surface area (Å²) in [5, 5.41) is 8.23. The van der Waals surface area contributed by atoms with Gasteiger partial charge in [0.25, 0.3) is 0 Å². The second-order valence-corrected chi connectivity index (χ2v) is 11.3. The fourth-order valence-electron chi connectivity index (χ4n) is 3.78. The molecular weight excluding hydrogens is 523 g/mol. The number of carbonyl (C=O) groups excluding carboxylic acids is 2. The van der Waals surface area contributed by atoms with Crippen LogP contribution in [0.3, 0.4) is 0 Å². The third kappa shape index (κ3) is 6.50. The van der Waals surface area contributed by atoms with Crippen molar-refractivity contribution in [2.45, 2.75) is 58.8 Å². The SMILES string of the molecule is Cc1ccc(Cl)c2sc(NC(=O)CCCCCCCC(=O)Nc3nc4c(C)ccc(Cl)c4s3)nc12. The Morgan fingerprint density at radius 1 is 0.714 bits per heavy atom. The molecule has 0 radical (unpaired) electrons. The number of amides is 2. The first kappa shape index (κ1) is 25.8. The zero-order valence-corrected chi connectivity index (χ0v) is 22.7. The number of benzene rings is 2. The Hall–Kier alpha value is -2.26. The summed E-state index contributed by atoms with van der Waals surface area (Å²) in [6, 6.07) is 7.56. The number of nitrogens with zero attached hydrogens (tertiary/aromatic N) is 2. The first-order chi connectivity index (χ1) is 16.8. The van der Waals surface area contributed by atoms with Gasteiger partial charge in [-0.25, -0.2) is 9.97 Å². The molecule has 2 N–H and O–H groups in total. The first-order valence-corrected chi connectivity index (χ1v) is 13.9. The number of aryl methyl sites for hydroxylation is 2. The average molecular weight is 550 g/mol. The molecule has 10 heteroatoms. The van der Waals surface area contributed by atoms with Crippen molar-refractivity contribution >= 4 is 88.4 Å². The molecule has 0 saturated carbocycles. The van der Waals surface area contributed by atoms with Gasteiger partial charge >= 0.3 is 0 Å². The summed E-state index contributed by atoms with van der Waals surface area (Å²) in [6.07, 6.45) is 5.35. The Balaban J connectivity index is 1.12. The maximum Gasteiger partial charge on any atom is 0.226 e. The maximum atomic E-state index is 12.3. The van der Waals surface area contributed by atoms with Gasteiger partial charge in [0.05, 0.1) is 30.5 Å². The quantitative estimate of drug-likeness (QED) is 0.196. The lowest BCUT2D eigenvalue weighted by molar-refractivity contribution is -0.117. The van der Waals surface area contributed by atoms with Gasteiger partial charge in [-0.2, -0.15) is 0 Å². The van der Waals surface area contributed by atoms with Gasteiger partial charge in [0.15, 0.2) is 10.3 Å². The fraction of sp³-hybridized carbons (Fsp3) is 0.360. The van der Waals surface area contributed by atoms with Crippen LogP contribution in [0, 0.1) is 13.8 Å². The molecule has 0 bridgehead atoms. The van der Waals surface area contributed by atoms with E-state index >= 15 is 0 Å². The predicted octanol–water partition coefficient (Wildman–Crippen LogP) is 8.14. The highest BCUT2D eigenvalue weighted by molar-refractivity contribution is 7.23. The van der Waals surface area contributed by atoms with Crippen LogP contribution < -0.4 is 10.6 Å². The van der Waals surface area contributed by atoms with E-state index in [1.807, 2.05) is 38.1 Å². The van der Waals surface area contributed by atoms with Crippen LogP contribution in [0.2, 0.25) is 10.0 Å². The normalized spacial score (nSPS) is 11.3. The van der Waals surface area contributed by atoms with Crippen LogP contribution in [-0.4, -0.2) is 21.8 Å². The number of halogens is 2. The van der Waals surface area contributed by atoms with E-state index in [1.54, 1.807) is 0 Å². The number of fused-ring (bicyclic) bond motifs is 2. The number of nitrogens with one attached hydrogen (secondary N) is 2. The molecule has 2 aromatic carbocycles. The molecule has 0 aliphatic rings. The third-order valence-electron chi connectivity index (χ3n) is 5.69. The number of anilines is 2. The van der Waals surface area contributed by atoms with Crippen LogP contribution in [0.25, 0.3) is 20.4 Å². The lowest BCUT2D eigenvalue weighted by Crippen LogP contribution is -2.11. The minimum absolute atomic E-state index is 0.0385. The second-order valence-electron chi connectivity index (χ2n) is 8.49. The average Bonchev–Trinajstić information content (AvgIpc) is 3.44. The smallest absolute Gasteiger partial charge is 0.226 e. The van der Waals surface area contributed by atoms with Crippen molar-refractivity contribution in [2.75, 3.05) is 10.6 Å². The number of unbranched alkanes of at least 4 members (excludes halogenated alkanes) is 4. The minimum atomic E-state index is -0.0385. The summed E-state index contributed by atoms with van der Waals surface area (Å²) >= 11 is 15.3. The molecule has 4 rings (SSSR count). The van der Waals surface area contributed by atoms with Crippen molar-refractivity contribution in [1.82, 2.24) is 9.97 Å². The van der Waals surface area contributed by atoms with E-state index in [9.17, 15) is 9.59 Å². The van der Waals surface area contributed by atoms with Gasteiger partial charge < -0.3 is 10.6 Å². The molecule has 0 aliphatic carbocycles. The van der Waals surface area contributed by atoms with E-state index in [2.05, 4.69) is 20.6 Å². The molecule has 4 aromatic rings. The fourth-order valence-corrected chi connectivity index (χ4v) is 6.24. The zero-order valence-electron chi connectivity index (χ0n) is 19.5. The molecule has 0 saturated heterocycles. The van der Waals surface area contributed by atoms with Crippen molar-refractivity contribution in [1.29, 1.82) is 0 Å². The Labute approximate surface area is 222 Å². The van der Waals surface area contributed by atoms with Crippen LogP contribution in [0.4, 0.5) is 10.3 Å². The molecule has 2 aromatic heterocycles. The van der Waals surface area contributed by atoms with Gasteiger partial charge in [0, 0.05) is 12.8 Å². The topological polar surface area (TPSA) is 84.0 Å². The molecular formula is C25H26Cl2N4O2S2. The van der Waals surface area contributed by atoms with Gasteiger partial charge in [-0.1, -0.05) is 77.3 Å². The van der Waals surface area contributed by atoms with Crippen molar-refractivity contribution in [3.05, 3.63) is 45.4 Å². The Morgan fingerprint density at radius 2 is 1.11 bits per heavy atom. The third-order valence-corrected chi connectivity index (χ3v) is 8.56. The van der Waals surface area contributed by atoms with Crippen molar-refractivity contribution < 1.29 is 9.59 Å². The number of rotatable bonds is 10. The highest BCUT2D eigenvalue weighted by atomic mass is 35.5. The molecule has 184 valence electrons. The van der Waals surface area contributed by atoms with Crippen LogP contribution in [-0.2, 0) is 9.59 Å². The largest absolute Gasteiger partial charge is 0.302 e. The van der Waals surface area contributed by atoms with Crippen LogP contribution in [0.5, 0.6) is 0 Å². The highest BCUT2D eigenvalue weighted by Crippen LogP contribution is 2.35. The summed E-state index contributed by atoms with van der Waals surface area (Å²) in [7, 11) is 0. The van der Waals surface area contributed by atoms with Gasteiger partial charge in [0.1, 0.15) is 0 Å². The lowest BCUT2D eigenvalue weighted by atomic mass is 10.1. The maximum absolute atomic E-state index is 12.3. The van der Waals surface area contributed by atoms with Crippen molar-refractivity contribution in [3.63, 3.8) is 0 Å². The molecule has 0 aliphatic heterocycles. The molecule has 2 heterocycles. The molecule has 0 unspecified atom stereocenters. The van der Waals surface area contributed by atoms with Crippen LogP contribution in [0.15, 0.2) is 24.3 Å². The predicted molar refractivity (Wildman–Crippen MR) is 148 cm³/mol. The molecule has 0 fully saturated rings. The van der Waals surface area contributed by atoms with E-state index in [0.717, 1.165) is 63.7 Å². The van der Waals surface area contributed by atoms with Crippen molar-refractivity contribution in [3.8, 4) is 0 Å². The van der Waals surface area contributed by atoms with Gasteiger partial charge in [0.2, 0.25) is 11.8 Å². The second kappa shape index (κ2) is 11.6. The number of carbonyl (C=O) groups is 2. The Morgan fingerprint density at radius 3 is 1.51 bits per heavy atom. The van der Waals surface area contributed by atoms with Gasteiger partial charge in [-0.3, -0.25) is 9.59 Å². The van der Waals surface area contributed by atoms with E-state index in [1.165, 1.54) is 22.7 Å². The number of hydrogen-bond donors (Lipinski definition) is 2. The van der Waals surface area contributed by atoms with E-state index < -0.39 is 0 Å². The zero-order chi connectivity index (χ0) is 24.9. The van der Waals surface area contributed by atoms with E-state index in [-0.39, 0.29) is 11.8 Å². The first-order valence-electron chi connectivity index (χ1n) is 11.5. The summed E-state index contributed by atoms with van der Waals surface area (Å²) in [6.45, 7) is 3.96. The summed E-state index contributed by atoms with van der Waals surface area (Å²) in [5.41, 5.74) is 3.75. The Kier molecular flexibility index (Phi) is 8.59. The Bertz CT molecular complexity index is 1200. The van der Waals surface area contributed by atoms with Crippen molar-refractivity contribution in [2.24, 2.45) is 0 Å². The molecule has 2 amide bonds. The number of hydrogen-bond acceptors (Lipinski definition) is 6. The molecule has 0 atom stereocenters. The molecule has 0 spiro atoms. The van der Waals surface area contributed by atoms with Gasteiger partial charge in [-0.15, -0.1) is 0 Å². The number of aromatic nitrogens is 2. The van der Waals surface area contributed by atoms with Gasteiger partial charge in [-0.05, 0) is 49.9 Å². The van der Waals surface area contributed by atoms with E-state index in [0.29, 0.717) is 33.2 Å². The molecule has 6 nitrogen and oxygen atoms in total. The molecule has 35 heavy (non-hydrogen) atoms. The standard InChI is InChI=1S/C25H26Cl2N4O2S2/c1-14-10-12-16(26)22-20(14)30-24(34-22)28-18(32)8-6-4-3-5-7-9-19(33)29-25-31-21-15(2)11-13-17(27)23(21)35-25/h10-13H,3-9H2,1-2H3,(H,28,30,32)(H,29,31,33). The monoisotopic (exact) mass is 548 g/mol. The van der Waals surface area contributed by atoms with Crippen LogP contribution in [0.1, 0.15) is 56.1 Å². The van der Waals surface area contributed by atoms with Crippen LogP contribution >= 0.6 is 45.9 Å². The lowest BCUT2D eigenvalue weighted by Gasteiger charge is -2.03. The summed E-state index contributed by atoms with van der Waals surface area (Å²) in [5.74, 6) is -0.0771. The van der Waals surface area contributed by atoms with E-state index in [4.69, 9.17) is 23.2 Å². The minimum Gasteiger partial charge on any atom is -0.302 e. The summed E-state index contributed by atoms with van der Waals surface area (Å²) < 4.78 is 1.79. The summed E-state index contributed by atoms with van der Waals surface area (Å²) in [4.78, 5) is 33.6.